The highest BCUT2D eigenvalue weighted by Crippen LogP contribution is 2.29. The molecule has 0 radical (unpaired) electrons. The summed E-state index contributed by atoms with van der Waals surface area (Å²) in [6.07, 6.45) is 3.02. The predicted octanol–water partition coefficient (Wildman–Crippen LogP) is 0.998. The third-order valence-electron chi connectivity index (χ3n) is 3.27. The zero-order chi connectivity index (χ0) is 15.6. The number of carbonyl (C=O) groups is 2. The summed E-state index contributed by atoms with van der Waals surface area (Å²) < 4.78 is 0. The van der Waals surface area contributed by atoms with Crippen LogP contribution in [0.2, 0.25) is 0 Å². The number of nitrogens with two attached hydrogens (primary N) is 1. The standard InChI is InChI=1S/C14H12N2O5/c15-14(12(17)9-4-2-1-3-5-9)8-10(16(20)21)6-7-11(14)13(18)19/h1-8,11H,15H2,(H,18,19). The smallest absolute Gasteiger partial charge is 0.313 e. The van der Waals surface area contributed by atoms with Gasteiger partial charge in [0.25, 0.3) is 5.70 Å². The maximum absolute atomic E-state index is 12.5. The van der Waals surface area contributed by atoms with Crippen molar-refractivity contribution in [1.29, 1.82) is 0 Å². The Labute approximate surface area is 119 Å². The van der Waals surface area contributed by atoms with Crippen LogP contribution in [0.15, 0.2) is 54.3 Å². The maximum Gasteiger partial charge on any atom is 0.313 e. The summed E-state index contributed by atoms with van der Waals surface area (Å²) in [5.41, 5.74) is 3.74. The number of ketones is 1. The zero-order valence-electron chi connectivity index (χ0n) is 10.8. The summed E-state index contributed by atoms with van der Waals surface area (Å²) in [4.78, 5) is 34.0. The summed E-state index contributed by atoms with van der Waals surface area (Å²) in [6.45, 7) is 0. The van der Waals surface area contributed by atoms with Crippen molar-refractivity contribution in [2.24, 2.45) is 11.7 Å². The SMILES string of the molecule is NC1(C(=O)c2ccccc2)C=C([N+](=O)[O-])C=CC1C(=O)O. The molecule has 0 fully saturated rings. The number of Topliss-reactive ketones (excluding diaryl/α,β-unsaturated/α-hetero) is 1. The molecule has 0 spiro atoms. The third-order valence-corrected chi connectivity index (χ3v) is 3.27. The van der Waals surface area contributed by atoms with E-state index in [9.17, 15) is 24.8 Å². The van der Waals surface area contributed by atoms with Crippen LogP contribution >= 0.6 is 0 Å². The molecule has 0 amide bonds. The summed E-state index contributed by atoms with van der Waals surface area (Å²) in [5, 5.41) is 20.1. The summed E-state index contributed by atoms with van der Waals surface area (Å²) >= 11 is 0. The van der Waals surface area contributed by atoms with Crippen LogP contribution in [0.25, 0.3) is 0 Å². The molecule has 0 saturated carbocycles. The van der Waals surface area contributed by atoms with Gasteiger partial charge in [-0.25, -0.2) is 0 Å². The molecule has 0 bridgehead atoms. The minimum absolute atomic E-state index is 0.195. The lowest BCUT2D eigenvalue weighted by Crippen LogP contribution is -2.56. The van der Waals surface area contributed by atoms with Crippen LogP contribution in [0.1, 0.15) is 10.4 Å². The molecule has 0 aromatic heterocycles. The second kappa shape index (κ2) is 5.29. The van der Waals surface area contributed by atoms with Crippen LogP contribution in [-0.4, -0.2) is 27.3 Å². The van der Waals surface area contributed by atoms with Crippen molar-refractivity contribution in [3.05, 3.63) is 69.9 Å². The Morgan fingerprint density at radius 2 is 1.90 bits per heavy atom. The van der Waals surface area contributed by atoms with Gasteiger partial charge in [0.2, 0.25) is 0 Å². The Kier molecular flexibility index (Phi) is 3.68. The minimum Gasteiger partial charge on any atom is -0.481 e. The van der Waals surface area contributed by atoms with Crippen molar-refractivity contribution < 1.29 is 19.6 Å². The molecule has 2 unspecified atom stereocenters. The van der Waals surface area contributed by atoms with Crippen LogP contribution in [-0.2, 0) is 4.79 Å². The van der Waals surface area contributed by atoms with Crippen molar-refractivity contribution in [3.8, 4) is 0 Å². The van der Waals surface area contributed by atoms with Gasteiger partial charge in [-0.05, 0) is 0 Å². The van der Waals surface area contributed by atoms with Crippen LogP contribution < -0.4 is 5.73 Å². The monoisotopic (exact) mass is 288 g/mol. The van der Waals surface area contributed by atoms with E-state index in [1.807, 2.05) is 0 Å². The van der Waals surface area contributed by atoms with Crippen molar-refractivity contribution in [1.82, 2.24) is 0 Å². The number of allylic oxidation sites excluding steroid dienone is 1. The number of hydrogen-bond donors (Lipinski definition) is 2. The van der Waals surface area contributed by atoms with Gasteiger partial charge in [0.1, 0.15) is 11.5 Å². The van der Waals surface area contributed by atoms with E-state index in [4.69, 9.17) is 5.73 Å². The second-order valence-electron chi connectivity index (χ2n) is 4.63. The second-order valence-corrected chi connectivity index (χ2v) is 4.63. The largest absolute Gasteiger partial charge is 0.481 e. The molecule has 7 nitrogen and oxygen atoms in total. The summed E-state index contributed by atoms with van der Waals surface area (Å²) in [7, 11) is 0. The van der Waals surface area contributed by atoms with Crippen molar-refractivity contribution >= 4 is 11.8 Å². The molecule has 21 heavy (non-hydrogen) atoms. The maximum atomic E-state index is 12.5. The van der Waals surface area contributed by atoms with Gasteiger partial charge in [0.05, 0.1) is 4.92 Å². The zero-order valence-corrected chi connectivity index (χ0v) is 10.8. The highest BCUT2D eigenvalue weighted by molar-refractivity contribution is 6.07. The predicted molar refractivity (Wildman–Crippen MR) is 73.0 cm³/mol. The molecule has 3 N–H and O–H groups in total. The Morgan fingerprint density at radius 1 is 1.29 bits per heavy atom. The average Bonchev–Trinajstić information content (AvgIpc) is 2.46. The molecule has 2 rings (SSSR count). The molecule has 0 aliphatic heterocycles. The number of rotatable bonds is 4. The van der Waals surface area contributed by atoms with Gasteiger partial charge < -0.3 is 10.8 Å². The third kappa shape index (κ3) is 2.59. The quantitative estimate of drug-likeness (QED) is 0.484. The fourth-order valence-electron chi connectivity index (χ4n) is 2.18. The minimum atomic E-state index is -2.00. The van der Waals surface area contributed by atoms with Crippen molar-refractivity contribution in [3.63, 3.8) is 0 Å². The molecule has 7 heteroatoms. The number of carbonyl (C=O) groups excluding carboxylic acids is 1. The number of carboxylic acids is 1. The molecule has 1 aliphatic rings. The molecule has 1 aliphatic carbocycles. The van der Waals surface area contributed by atoms with Gasteiger partial charge >= 0.3 is 5.97 Å². The number of nitro groups is 1. The molecule has 108 valence electrons. The first-order valence-corrected chi connectivity index (χ1v) is 6.03. The Morgan fingerprint density at radius 3 is 2.43 bits per heavy atom. The Bertz CT molecular complexity index is 665. The lowest BCUT2D eigenvalue weighted by Gasteiger charge is -2.30. The fraction of sp³-hybridized carbons (Fsp3) is 0.143. The number of nitrogens with zero attached hydrogens (tertiary/aromatic N) is 1. The van der Waals surface area contributed by atoms with Gasteiger partial charge in [-0.1, -0.05) is 36.4 Å². The van der Waals surface area contributed by atoms with Crippen LogP contribution in [0, 0.1) is 16.0 Å². The van der Waals surface area contributed by atoms with E-state index in [1.165, 1.54) is 12.1 Å². The van der Waals surface area contributed by atoms with E-state index in [0.717, 1.165) is 18.2 Å². The molecule has 1 aromatic rings. The number of aliphatic carboxylic acids is 1. The first kappa shape index (κ1) is 14.6. The number of benzene rings is 1. The van der Waals surface area contributed by atoms with E-state index in [0.29, 0.717) is 0 Å². The van der Waals surface area contributed by atoms with E-state index >= 15 is 0 Å². The highest BCUT2D eigenvalue weighted by atomic mass is 16.6. The van der Waals surface area contributed by atoms with E-state index in [2.05, 4.69) is 0 Å². The first-order valence-electron chi connectivity index (χ1n) is 6.03. The lowest BCUT2D eigenvalue weighted by molar-refractivity contribution is -0.419. The van der Waals surface area contributed by atoms with Gasteiger partial charge in [-0.2, -0.15) is 0 Å². The van der Waals surface area contributed by atoms with Crippen LogP contribution in [0.3, 0.4) is 0 Å². The molecular formula is C14H12N2O5. The van der Waals surface area contributed by atoms with Crippen molar-refractivity contribution in [2.45, 2.75) is 5.54 Å². The van der Waals surface area contributed by atoms with E-state index in [-0.39, 0.29) is 5.56 Å². The van der Waals surface area contributed by atoms with E-state index in [1.54, 1.807) is 18.2 Å². The van der Waals surface area contributed by atoms with Gasteiger partial charge in [0, 0.05) is 17.7 Å². The lowest BCUT2D eigenvalue weighted by atomic mass is 9.75. The normalized spacial score (nSPS) is 24.2. The number of hydrogen-bond acceptors (Lipinski definition) is 5. The van der Waals surface area contributed by atoms with Crippen LogP contribution in [0.4, 0.5) is 0 Å². The molecule has 1 aromatic carbocycles. The molecule has 2 atom stereocenters. The summed E-state index contributed by atoms with van der Waals surface area (Å²) in [6, 6.07) is 7.85. The molecular weight excluding hydrogens is 276 g/mol. The van der Waals surface area contributed by atoms with Gasteiger partial charge in [0.15, 0.2) is 5.78 Å². The summed E-state index contributed by atoms with van der Waals surface area (Å²) in [5.74, 6) is -3.37. The first-order chi connectivity index (χ1) is 9.86. The van der Waals surface area contributed by atoms with Gasteiger partial charge in [-0.15, -0.1) is 0 Å². The van der Waals surface area contributed by atoms with Gasteiger partial charge in [-0.3, -0.25) is 19.7 Å². The average molecular weight is 288 g/mol. The van der Waals surface area contributed by atoms with Crippen molar-refractivity contribution in [2.75, 3.05) is 0 Å². The number of carboxylic acid groups (broad SMARTS) is 1. The fourth-order valence-corrected chi connectivity index (χ4v) is 2.18. The Balaban J connectivity index is 2.53. The van der Waals surface area contributed by atoms with Crippen LogP contribution in [0.5, 0.6) is 0 Å². The Hall–Kier alpha value is -2.80. The molecule has 0 heterocycles. The molecule has 0 saturated heterocycles. The topological polar surface area (TPSA) is 124 Å². The van der Waals surface area contributed by atoms with E-state index < -0.39 is 33.8 Å². The highest BCUT2D eigenvalue weighted by Gasteiger charge is 2.47.